The largest absolute Gasteiger partial charge is 0.493 e. The van der Waals surface area contributed by atoms with Crippen LogP contribution < -0.4 is 19.5 Å². The summed E-state index contributed by atoms with van der Waals surface area (Å²) < 4.78 is 15.9. The third-order valence-electron chi connectivity index (χ3n) is 4.12. The molecular formula is C19H20N2O4. The molecule has 2 aromatic carbocycles. The first-order valence-corrected chi connectivity index (χ1v) is 7.77. The lowest BCUT2D eigenvalue weighted by Gasteiger charge is -2.14. The smallest absolute Gasteiger partial charge is 0.272 e. The summed E-state index contributed by atoms with van der Waals surface area (Å²) in [7, 11) is 4.60. The molecule has 25 heavy (non-hydrogen) atoms. The standard InChI is InChI=1S/C19H20N2O4/c1-11-13-7-5-6-8-14(13)21-17(11)19(22)20-12-9-15(23-2)18(25-4)16(10-12)24-3/h5-10,21H,1-4H3,(H,20,22). The van der Waals surface area contributed by atoms with Gasteiger partial charge in [-0.1, -0.05) is 18.2 Å². The van der Waals surface area contributed by atoms with Gasteiger partial charge >= 0.3 is 0 Å². The van der Waals surface area contributed by atoms with Crippen LogP contribution in [0.3, 0.4) is 0 Å². The number of rotatable bonds is 5. The van der Waals surface area contributed by atoms with Crippen LogP contribution in [0.25, 0.3) is 10.9 Å². The van der Waals surface area contributed by atoms with Gasteiger partial charge in [-0.3, -0.25) is 4.79 Å². The maximum absolute atomic E-state index is 12.7. The molecule has 1 aromatic heterocycles. The summed E-state index contributed by atoms with van der Waals surface area (Å²) in [5, 5.41) is 3.90. The summed E-state index contributed by atoms with van der Waals surface area (Å²) >= 11 is 0. The lowest BCUT2D eigenvalue weighted by molar-refractivity contribution is 0.102. The van der Waals surface area contributed by atoms with Gasteiger partial charge in [0.2, 0.25) is 5.75 Å². The summed E-state index contributed by atoms with van der Waals surface area (Å²) in [6.45, 7) is 1.92. The molecule has 0 unspecified atom stereocenters. The number of aryl methyl sites for hydroxylation is 1. The average molecular weight is 340 g/mol. The summed E-state index contributed by atoms with van der Waals surface area (Å²) in [5.74, 6) is 1.20. The lowest BCUT2D eigenvalue weighted by Crippen LogP contribution is -2.14. The molecule has 0 aliphatic carbocycles. The number of aromatic nitrogens is 1. The van der Waals surface area contributed by atoms with Crippen molar-refractivity contribution in [1.29, 1.82) is 0 Å². The second-order valence-electron chi connectivity index (χ2n) is 5.54. The first kappa shape index (κ1) is 16.7. The van der Waals surface area contributed by atoms with E-state index < -0.39 is 0 Å². The topological polar surface area (TPSA) is 72.6 Å². The van der Waals surface area contributed by atoms with E-state index in [9.17, 15) is 4.79 Å². The first-order chi connectivity index (χ1) is 12.1. The molecule has 0 spiro atoms. The molecule has 0 fully saturated rings. The average Bonchev–Trinajstić information content (AvgIpc) is 2.98. The number of fused-ring (bicyclic) bond motifs is 1. The number of para-hydroxylation sites is 1. The van der Waals surface area contributed by atoms with Crippen LogP contribution in [0.1, 0.15) is 16.1 Å². The number of hydrogen-bond donors (Lipinski definition) is 2. The van der Waals surface area contributed by atoms with Crippen molar-refractivity contribution in [1.82, 2.24) is 4.98 Å². The number of H-pyrrole nitrogens is 1. The van der Waals surface area contributed by atoms with Crippen LogP contribution in [0, 0.1) is 6.92 Å². The van der Waals surface area contributed by atoms with E-state index in [1.165, 1.54) is 21.3 Å². The van der Waals surface area contributed by atoms with Gasteiger partial charge in [-0.05, 0) is 18.6 Å². The van der Waals surface area contributed by atoms with E-state index in [-0.39, 0.29) is 5.91 Å². The van der Waals surface area contributed by atoms with Crippen molar-refractivity contribution in [3.05, 3.63) is 47.7 Å². The van der Waals surface area contributed by atoms with Gasteiger partial charge in [0.05, 0.1) is 21.3 Å². The summed E-state index contributed by atoms with van der Waals surface area (Å²) in [6.07, 6.45) is 0. The Balaban J connectivity index is 1.96. The quantitative estimate of drug-likeness (QED) is 0.742. The fraction of sp³-hybridized carbons (Fsp3) is 0.211. The Labute approximate surface area is 145 Å². The van der Waals surface area contributed by atoms with E-state index in [4.69, 9.17) is 14.2 Å². The predicted molar refractivity (Wildman–Crippen MR) is 97.1 cm³/mol. The minimum Gasteiger partial charge on any atom is -0.493 e. The molecule has 0 atom stereocenters. The van der Waals surface area contributed by atoms with Crippen molar-refractivity contribution in [3.8, 4) is 17.2 Å². The van der Waals surface area contributed by atoms with Crippen LogP contribution in [0.5, 0.6) is 17.2 Å². The zero-order valence-electron chi connectivity index (χ0n) is 14.6. The Hall–Kier alpha value is -3.15. The van der Waals surface area contributed by atoms with Crippen LogP contribution in [-0.2, 0) is 0 Å². The van der Waals surface area contributed by atoms with Crippen LogP contribution in [0.2, 0.25) is 0 Å². The predicted octanol–water partition coefficient (Wildman–Crippen LogP) is 3.75. The van der Waals surface area contributed by atoms with E-state index in [1.807, 2.05) is 31.2 Å². The van der Waals surface area contributed by atoms with Gasteiger partial charge in [-0.15, -0.1) is 0 Å². The normalized spacial score (nSPS) is 10.6. The Bertz CT molecular complexity index is 905. The summed E-state index contributed by atoms with van der Waals surface area (Å²) in [6, 6.07) is 11.2. The number of methoxy groups -OCH3 is 3. The van der Waals surface area contributed by atoms with Gasteiger partial charge < -0.3 is 24.5 Å². The molecule has 1 amide bonds. The minimum absolute atomic E-state index is 0.233. The maximum Gasteiger partial charge on any atom is 0.272 e. The summed E-state index contributed by atoms with van der Waals surface area (Å²) in [5.41, 5.74) is 2.91. The Morgan fingerprint density at radius 3 is 2.20 bits per heavy atom. The highest BCUT2D eigenvalue weighted by atomic mass is 16.5. The number of nitrogens with one attached hydrogen (secondary N) is 2. The highest BCUT2D eigenvalue weighted by molar-refractivity contribution is 6.08. The third kappa shape index (κ3) is 2.98. The molecule has 1 heterocycles. The van der Waals surface area contributed by atoms with Crippen molar-refractivity contribution in [2.45, 2.75) is 6.92 Å². The van der Waals surface area contributed by atoms with E-state index >= 15 is 0 Å². The maximum atomic E-state index is 12.7. The highest BCUT2D eigenvalue weighted by Gasteiger charge is 2.18. The highest BCUT2D eigenvalue weighted by Crippen LogP contribution is 2.40. The number of anilines is 1. The molecule has 0 bridgehead atoms. The van der Waals surface area contributed by atoms with Crippen LogP contribution in [0.15, 0.2) is 36.4 Å². The number of ether oxygens (including phenoxy) is 3. The number of aromatic amines is 1. The van der Waals surface area contributed by atoms with Gasteiger partial charge in [0, 0.05) is 28.7 Å². The van der Waals surface area contributed by atoms with Crippen LogP contribution in [0.4, 0.5) is 5.69 Å². The van der Waals surface area contributed by atoms with E-state index in [0.29, 0.717) is 28.6 Å². The zero-order chi connectivity index (χ0) is 18.0. The second kappa shape index (κ2) is 6.76. The molecule has 3 aromatic rings. The Morgan fingerprint density at radius 2 is 1.64 bits per heavy atom. The Morgan fingerprint density at radius 1 is 1.00 bits per heavy atom. The number of amides is 1. The molecule has 0 saturated heterocycles. The van der Waals surface area contributed by atoms with Crippen molar-refractivity contribution in [2.75, 3.05) is 26.6 Å². The second-order valence-corrected chi connectivity index (χ2v) is 5.54. The first-order valence-electron chi connectivity index (χ1n) is 7.77. The molecule has 2 N–H and O–H groups in total. The van der Waals surface area contributed by atoms with Gasteiger partial charge in [0.1, 0.15) is 5.69 Å². The van der Waals surface area contributed by atoms with E-state index in [0.717, 1.165) is 16.5 Å². The fourth-order valence-corrected chi connectivity index (χ4v) is 2.86. The number of carbonyl (C=O) groups excluding carboxylic acids is 1. The summed E-state index contributed by atoms with van der Waals surface area (Å²) in [4.78, 5) is 15.9. The van der Waals surface area contributed by atoms with Crippen LogP contribution >= 0.6 is 0 Å². The van der Waals surface area contributed by atoms with Crippen molar-refractivity contribution < 1.29 is 19.0 Å². The Kier molecular flexibility index (Phi) is 4.52. The number of benzene rings is 2. The van der Waals surface area contributed by atoms with Gasteiger partial charge in [-0.2, -0.15) is 0 Å². The monoisotopic (exact) mass is 340 g/mol. The SMILES string of the molecule is COc1cc(NC(=O)c2[nH]c3ccccc3c2C)cc(OC)c1OC. The van der Waals surface area contributed by atoms with Crippen molar-refractivity contribution >= 4 is 22.5 Å². The molecular weight excluding hydrogens is 320 g/mol. The molecule has 3 rings (SSSR count). The zero-order valence-corrected chi connectivity index (χ0v) is 14.6. The van der Waals surface area contributed by atoms with Crippen molar-refractivity contribution in [3.63, 3.8) is 0 Å². The molecule has 0 aliphatic rings. The van der Waals surface area contributed by atoms with Gasteiger partial charge in [-0.25, -0.2) is 0 Å². The van der Waals surface area contributed by atoms with Gasteiger partial charge in [0.25, 0.3) is 5.91 Å². The molecule has 130 valence electrons. The molecule has 0 radical (unpaired) electrons. The van der Waals surface area contributed by atoms with Crippen molar-refractivity contribution in [2.24, 2.45) is 0 Å². The molecule has 6 nitrogen and oxygen atoms in total. The molecule has 0 saturated carbocycles. The fourth-order valence-electron chi connectivity index (χ4n) is 2.86. The van der Waals surface area contributed by atoms with Gasteiger partial charge in [0.15, 0.2) is 11.5 Å². The van der Waals surface area contributed by atoms with E-state index in [2.05, 4.69) is 10.3 Å². The molecule has 0 aliphatic heterocycles. The number of carbonyl (C=O) groups is 1. The lowest BCUT2D eigenvalue weighted by atomic mass is 10.1. The van der Waals surface area contributed by atoms with Crippen LogP contribution in [-0.4, -0.2) is 32.2 Å². The molecule has 6 heteroatoms. The minimum atomic E-state index is -0.233. The van der Waals surface area contributed by atoms with E-state index in [1.54, 1.807) is 12.1 Å². The third-order valence-corrected chi connectivity index (χ3v) is 4.12. The number of hydrogen-bond acceptors (Lipinski definition) is 4.